The maximum Gasteiger partial charge on any atom is 4.00 e. The smallest absolute Gasteiger partial charge is 2.00 e. The minimum atomic E-state index is 0. The summed E-state index contributed by atoms with van der Waals surface area (Å²) < 4.78 is 0. The number of rotatable bonds is 0. The van der Waals surface area contributed by atoms with Crippen molar-refractivity contribution in [3.05, 3.63) is 0 Å². The van der Waals surface area contributed by atoms with Crippen LogP contribution >= 0.6 is 0 Å². The van der Waals surface area contributed by atoms with E-state index in [-0.39, 0.29) is 170 Å². The van der Waals surface area contributed by atoms with Crippen LogP contribution in [0.4, 0.5) is 0 Å². The fourth-order valence-electron chi connectivity index (χ4n) is 0. The second-order valence-corrected chi connectivity index (χ2v) is 0. The van der Waals surface area contributed by atoms with Crippen LogP contribution in [0.25, 0.3) is 0 Å². The third-order valence-corrected chi connectivity index (χ3v) is 0. The van der Waals surface area contributed by atoms with Crippen molar-refractivity contribution < 1.29 is 122 Å². The van der Waals surface area contributed by atoms with E-state index in [1.165, 1.54) is 0 Å². The fourth-order valence-corrected chi connectivity index (χ4v) is 0. The quantitative estimate of drug-likeness (QED) is 0.279. The number of hydrogen-bond donors (Lipinski definition) is 0. The largest absolute Gasteiger partial charge is 4.00 e. The summed E-state index contributed by atoms with van der Waals surface area (Å²) >= 11 is 0. The summed E-state index contributed by atoms with van der Waals surface area (Å²) in [7, 11) is 0. The Bertz CT molecular complexity index is 14.4. The normalized spacial score (nSPS) is 0. The molecule has 0 spiro atoms. The zero-order valence-corrected chi connectivity index (χ0v) is 16.8. The van der Waals surface area contributed by atoms with Crippen LogP contribution in [0, 0.1) is 83.5 Å². The minimum absolute atomic E-state index is 0. The Balaban J connectivity index is 0. The van der Waals surface area contributed by atoms with Crippen LogP contribution in [0.3, 0.4) is 0 Å². The molecule has 0 saturated carbocycles. The summed E-state index contributed by atoms with van der Waals surface area (Å²) in [5, 5.41) is 0. The van der Waals surface area contributed by atoms with Crippen LogP contribution in [0.15, 0.2) is 0 Å². The second-order valence-electron chi connectivity index (χ2n) is 0. The molecule has 0 unspecified atom stereocenters. The van der Waals surface area contributed by atoms with Gasteiger partial charge in [0.15, 0.2) is 0 Å². The summed E-state index contributed by atoms with van der Waals surface area (Å²) in [5.41, 5.74) is 0. The monoisotopic (exact) mass is 632 g/mol. The molecule has 0 aliphatic heterocycles. The Kier molecular flexibility index (Phi) is 2370. The van der Waals surface area contributed by atoms with Gasteiger partial charge in [-0.15, -0.1) is 0 Å². The van der Waals surface area contributed by atoms with Crippen molar-refractivity contribution >= 4 is 47.8 Å². The second kappa shape index (κ2) is 145. The summed E-state index contributed by atoms with van der Waals surface area (Å²) in [6.45, 7) is 0. The average molecular weight is 630 g/mol. The maximum absolute atomic E-state index is 0. The Hall–Kier alpha value is 4.07. The van der Waals surface area contributed by atoms with Gasteiger partial charge in [-0.1, -0.05) is 0 Å². The Morgan fingerprint density at radius 1 is 0.273 bits per heavy atom. The minimum Gasteiger partial charge on any atom is -2.00 e. The molecule has 0 saturated heterocycles. The molecule has 0 N–H and O–H groups in total. The Morgan fingerprint density at radius 3 is 0.273 bits per heavy atom. The van der Waals surface area contributed by atoms with Crippen molar-refractivity contribution in [2.45, 2.75) is 0 Å². The van der Waals surface area contributed by atoms with Gasteiger partial charge < -0.3 is 38.3 Å². The van der Waals surface area contributed by atoms with E-state index in [0.29, 0.717) is 0 Å². The maximum atomic E-state index is 0. The van der Waals surface area contributed by atoms with Crippen LogP contribution in [0.2, 0.25) is 0 Å². The van der Waals surface area contributed by atoms with Crippen molar-refractivity contribution in [3.8, 4) is 0 Å². The molecular formula is Ce2O7Sn2+2. The van der Waals surface area contributed by atoms with Gasteiger partial charge in [0.2, 0.25) is 0 Å². The molecule has 0 bridgehead atoms. The van der Waals surface area contributed by atoms with E-state index in [2.05, 4.69) is 0 Å². The zero-order chi connectivity index (χ0) is 0. The third kappa shape index (κ3) is 124. The van der Waals surface area contributed by atoms with E-state index in [9.17, 15) is 0 Å². The van der Waals surface area contributed by atoms with E-state index < -0.39 is 0 Å². The standard InChI is InChI=1S/2Ce.7O.2Sn/q2*+4;7*-2;2*+4. The topological polar surface area (TPSA) is 200 Å². The van der Waals surface area contributed by atoms with Crippen molar-refractivity contribution in [1.82, 2.24) is 0 Å². The summed E-state index contributed by atoms with van der Waals surface area (Å²) in [6, 6.07) is 0. The first-order valence-corrected chi connectivity index (χ1v) is 0. The molecule has 0 heterocycles. The molecule has 0 atom stereocenters. The van der Waals surface area contributed by atoms with E-state index >= 15 is 0 Å². The Labute approximate surface area is 166 Å². The van der Waals surface area contributed by atoms with Gasteiger partial charge in [0, 0.05) is 0 Å². The van der Waals surface area contributed by atoms with Crippen molar-refractivity contribution in [1.29, 1.82) is 0 Å². The van der Waals surface area contributed by atoms with Gasteiger partial charge in [-0.05, 0) is 0 Å². The van der Waals surface area contributed by atoms with Crippen molar-refractivity contribution in [3.63, 3.8) is 0 Å². The summed E-state index contributed by atoms with van der Waals surface area (Å²) in [6.07, 6.45) is 0. The Morgan fingerprint density at radius 2 is 0.273 bits per heavy atom. The predicted octanol–water partition coefficient (Wildman–Crippen LogP) is -1.59. The first-order chi connectivity index (χ1) is 0. The van der Waals surface area contributed by atoms with Gasteiger partial charge >= 0.3 is 131 Å². The van der Waals surface area contributed by atoms with Crippen LogP contribution in [0.1, 0.15) is 0 Å². The van der Waals surface area contributed by atoms with Gasteiger partial charge in [-0.25, -0.2) is 0 Å². The molecule has 0 aliphatic rings. The molecule has 7 nitrogen and oxygen atoms in total. The fraction of sp³-hybridized carbons (Fsp3) is 0. The van der Waals surface area contributed by atoms with Gasteiger partial charge in [-0.2, -0.15) is 0 Å². The average Bonchev–Trinajstić information content (AvgIpc) is 0. The SMILES string of the molecule is [Ce+4].[Ce+4].[O-2].[O-2].[O-2].[O-2].[O-2].[O-2].[O-2].[Sn+4].[Sn+4]. The predicted molar refractivity (Wildman–Crippen MR) is 16.3 cm³/mol. The van der Waals surface area contributed by atoms with Gasteiger partial charge in [0.05, 0.1) is 0 Å². The van der Waals surface area contributed by atoms with Crippen molar-refractivity contribution in [2.24, 2.45) is 0 Å². The first-order valence-electron chi connectivity index (χ1n) is 0. The first kappa shape index (κ1) is 180. The third-order valence-electron chi connectivity index (χ3n) is 0. The molecule has 0 amide bonds. The number of hydrogen-bond acceptors (Lipinski definition) is 0. The molecular weight excluding hydrogens is 630 g/mol. The van der Waals surface area contributed by atoms with Crippen molar-refractivity contribution in [2.75, 3.05) is 0 Å². The van der Waals surface area contributed by atoms with Gasteiger partial charge in [-0.3, -0.25) is 0 Å². The van der Waals surface area contributed by atoms with Crippen LogP contribution in [-0.4, -0.2) is 47.8 Å². The molecule has 11 heavy (non-hydrogen) atoms. The molecule has 0 fully saturated rings. The summed E-state index contributed by atoms with van der Waals surface area (Å²) in [4.78, 5) is 0. The summed E-state index contributed by atoms with van der Waals surface area (Å²) in [5.74, 6) is 0. The molecule has 0 radical (unpaired) electrons. The van der Waals surface area contributed by atoms with E-state index in [0.717, 1.165) is 0 Å². The molecule has 0 aromatic heterocycles. The van der Waals surface area contributed by atoms with Gasteiger partial charge in [0.25, 0.3) is 0 Å². The molecule has 0 aliphatic carbocycles. The molecule has 11 heteroatoms. The van der Waals surface area contributed by atoms with Crippen LogP contribution in [-0.2, 0) is 38.3 Å². The molecule has 56 valence electrons. The zero-order valence-electron chi connectivity index (χ0n) is 4.86. The van der Waals surface area contributed by atoms with Crippen LogP contribution in [0.5, 0.6) is 0 Å². The van der Waals surface area contributed by atoms with E-state index in [1.54, 1.807) is 0 Å². The van der Waals surface area contributed by atoms with Crippen LogP contribution < -0.4 is 0 Å². The van der Waals surface area contributed by atoms with Gasteiger partial charge in [0.1, 0.15) is 0 Å². The molecule has 0 rings (SSSR count). The molecule has 0 aromatic rings. The van der Waals surface area contributed by atoms with E-state index in [1.807, 2.05) is 0 Å². The molecule has 0 aromatic carbocycles. The van der Waals surface area contributed by atoms with E-state index in [4.69, 9.17) is 0 Å².